The molecule has 10 heteroatoms. The molecule has 0 fully saturated rings. The maximum Gasteiger partial charge on any atom is 0.263 e. The van der Waals surface area contributed by atoms with E-state index in [0.717, 1.165) is 11.3 Å². The quantitative estimate of drug-likeness (QED) is 0.451. The van der Waals surface area contributed by atoms with Crippen LogP contribution in [0.15, 0.2) is 47.0 Å². The summed E-state index contributed by atoms with van der Waals surface area (Å²) in [7, 11) is 0. The molecule has 0 saturated carbocycles. The van der Waals surface area contributed by atoms with Gasteiger partial charge in [-0.2, -0.15) is 0 Å². The van der Waals surface area contributed by atoms with E-state index >= 15 is 0 Å². The van der Waals surface area contributed by atoms with Crippen LogP contribution in [0.1, 0.15) is 26.7 Å². The van der Waals surface area contributed by atoms with Gasteiger partial charge in [0.2, 0.25) is 5.13 Å². The molecule has 0 radical (unpaired) electrons. The Kier molecular flexibility index (Phi) is 5.56. The summed E-state index contributed by atoms with van der Waals surface area (Å²) in [5.41, 5.74) is 0.466. The number of amides is 1. The van der Waals surface area contributed by atoms with Crippen molar-refractivity contribution in [1.29, 1.82) is 0 Å². The molecule has 1 N–H and O–H groups in total. The van der Waals surface area contributed by atoms with Crippen molar-refractivity contribution in [2.45, 2.75) is 13.3 Å². The largest absolute Gasteiger partial charge is 0.360 e. The Labute approximate surface area is 178 Å². The van der Waals surface area contributed by atoms with Gasteiger partial charge in [0.25, 0.3) is 5.91 Å². The molecule has 152 valence electrons. The highest BCUT2D eigenvalue weighted by atomic mass is 35.5. The second kappa shape index (κ2) is 8.29. The van der Waals surface area contributed by atoms with Crippen LogP contribution in [-0.4, -0.2) is 21.3 Å². The van der Waals surface area contributed by atoms with Crippen molar-refractivity contribution >= 4 is 34.0 Å². The molecule has 30 heavy (non-hydrogen) atoms. The first-order valence-corrected chi connectivity index (χ1v) is 9.91. The third kappa shape index (κ3) is 3.94. The fraction of sp³-hybridized carbons (Fsp3) is 0.100. The van der Waals surface area contributed by atoms with E-state index in [1.165, 1.54) is 31.2 Å². The molecule has 4 rings (SSSR count). The minimum atomic E-state index is -0.632. The maximum absolute atomic E-state index is 14.3. The fourth-order valence-electron chi connectivity index (χ4n) is 2.87. The Morgan fingerprint density at radius 3 is 2.67 bits per heavy atom. The smallest absolute Gasteiger partial charge is 0.263 e. The van der Waals surface area contributed by atoms with Crippen LogP contribution < -0.4 is 5.32 Å². The highest BCUT2D eigenvalue weighted by Gasteiger charge is 2.26. The standard InChI is InChI=1S/C20H13ClF2N4O2S/c1-10-16(18(27-29-10)17-12(21)6-4-8-14(17)23)19(28)24-20-26-25-15(30-20)9-11-5-2-3-7-13(11)22/h2-8H,9H2,1H3,(H,24,26,28). The zero-order valence-corrected chi connectivity index (χ0v) is 17.0. The van der Waals surface area contributed by atoms with Crippen LogP contribution in [0.2, 0.25) is 5.02 Å². The van der Waals surface area contributed by atoms with E-state index in [4.69, 9.17) is 16.1 Å². The molecule has 2 aromatic heterocycles. The highest BCUT2D eigenvalue weighted by Crippen LogP contribution is 2.34. The van der Waals surface area contributed by atoms with E-state index < -0.39 is 11.7 Å². The summed E-state index contributed by atoms with van der Waals surface area (Å²) in [4.78, 5) is 12.8. The van der Waals surface area contributed by atoms with E-state index in [2.05, 4.69) is 20.7 Å². The number of aromatic nitrogens is 3. The van der Waals surface area contributed by atoms with Crippen molar-refractivity contribution in [1.82, 2.24) is 15.4 Å². The Morgan fingerprint density at radius 2 is 1.90 bits per heavy atom. The van der Waals surface area contributed by atoms with Crippen molar-refractivity contribution in [3.8, 4) is 11.3 Å². The summed E-state index contributed by atoms with van der Waals surface area (Å²) in [6.07, 6.45) is 0.239. The van der Waals surface area contributed by atoms with Crippen molar-refractivity contribution < 1.29 is 18.1 Å². The van der Waals surface area contributed by atoms with E-state index in [0.29, 0.717) is 10.6 Å². The third-order valence-electron chi connectivity index (χ3n) is 4.28. The third-order valence-corrected chi connectivity index (χ3v) is 5.43. The number of aryl methyl sites for hydroxylation is 1. The van der Waals surface area contributed by atoms with Gasteiger partial charge in [-0.15, -0.1) is 10.2 Å². The molecular formula is C20H13ClF2N4O2S. The van der Waals surface area contributed by atoms with Gasteiger partial charge in [0.1, 0.15) is 33.7 Å². The predicted octanol–water partition coefficient (Wildman–Crippen LogP) is 5.28. The van der Waals surface area contributed by atoms with Gasteiger partial charge in [0, 0.05) is 6.42 Å². The molecule has 6 nitrogen and oxygen atoms in total. The zero-order valence-electron chi connectivity index (χ0n) is 15.4. The zero-order chi connectivity index (χ0) is 21.3. The molecule has 0 atom stereocenters. The molecule has 2 aromatic carbocycles. The lowest BCUT2D eigenvalue weighted by Gasteiger charge is -2.05. The summed E-state index contributed by atoms with van der Waals surface area (Å²) >= 11 is 7.20. The Hall–Kier alpha value is -3.17. The minimum Gasteiger partial charge on any atom is -0.360 e. The molecule has 0 aliphatic heterocycles. The predicted molar refractivity (Wildman–Crippen MR) is 109 cm³/mol. The molecule has 0 aliphatic carbocycles. The number of hydrogen-bond donors (Lipinski definition) is 1. The average molecular weight is 447 g/mol. The monoisotopic (exact) mass is 446 g/mol. The number of hydrogen-bond acceptors (Lipinski definition) is 6. The van der Waals surface area contributed by atoms with Crippen LogP contribution in [0, 0.1) is 18.6 Å². The highest BCUT2D eigenvalue weighted by molar-refractivity contribution is 7.15. The summed E-state index contributed by atoms with van der Waals surface area (Å²) in [6, 6.07) is 10.5. The lowest BCUT2D eigenvalue weighted by molar-refractivity contribution is 0.102. The van der Waals surface area contributed by atoms with Crippen molar-refractivity contribution in [2.75, 3.05) is 5.32 Å². The van der Waals surface area contributed by atoms with Crippen LogP contribution in [0.25, 0.3) is 11.3 Å². The van der Waals surface area contributed by atoms with E-state index in [-0.39, 0.29) is 45.0 Å². The molecule has 0 aliphatic rings. The van der Waals surface area contributed by atoms with Gasteiger partial charge < -0.3 is 4.52 Å². The van der Waals surface area contributed by atoms with Crippen molar-refractivity contribution in [3.63, 3.8) is 0 Å². The number of nitrogens with zero attached hydrogens (tertiary/aromatic N) is 3. The summed E-state index contributed by atoms with van der Waals surface area (Å²) in [5, 5.41) is 15.1. The molecular weight excluding hydrogens is 434 g/mol. The minimum absolute atomic E-state index is 0.0100. The van der Waals surface area contributed by atoms with E-state index in [1.807, 2.05) is 0 Å². The molecule has 0 saturated heterocycles. The Balaban J connectivity index is 1.58. The molecule has 2 heterocycles. The summed E-state index contributed by atoms with van der Waals surface area (Å²) < 4.78 is 33.2. The summed E-state index contributed by atoms with van der Waals surface area (Å²) in [6.45, 7) is 1.53. The van der Waals surface area contributed by atoms with Crippen LogP contribution in [0.4, 0.5) is 13.9 Å². The van der Waals surface area contributed by atoms with Crippen molar-refractivity contribution in [3.05, 3.63) is 81.0 Å². The Bertz CT molecular complexity index is 1220. The van der Waals surface area contributed by atoms with Gasteiger partial charge in [-0.3, -0.25) is 10.1 Å². The SMILES string of the molecule is Cc1onc(-c2c(F)cccc2Cl)c1C(=O)Nc1nnc(Cc2ccccc2F)s1. The maximum atomic E-state index is 14.3. The lowest BCUT2D eigenvalue weighted by atomic mass is 10.1. The second-order valence-corrected chi connectivity index (χ2v) is 7.75. The number of halogens is 3. The summed E-state index contributed by atoms with van der Waals surface area (Å²) in [5.74, 6) is -1.38. The fourth-order valence-corrected chi connectivity index (χ4v) is 3.88. The van der Waals surface area contributed by atoms with Crippen molar-refractivity contribution in [2.24, 2.45) is 0 Å². The van der Waals surface area contributed by atoms with Gasteiger partial charge in [0.05, 0.1) is 10.6 Å². The van der Waals surface area contributed by atoms with Crippen LogP contribution in [-0.2, 0) is 6.42 Å². The number of carbonyl (C=O) groups is 1. The molecule has 0 bridgehead atoms. The molecule has 0 unspecified atom stereocenters. The first-order valence-electron chi connectivity index (χ1n) is 8.72. The number of carbonyl (C=O) groups excluding carboxylic acids is 1. The van der Waals surface area contributed by atoms with E-state index in [1.54, 1.807) is 18.2 Å². The average Bonchev–Trinajstić information content (AvgIpc) is 3.30. The first-order chi connectivity index (χ1) is 14.4. The normalized spacial score (nSPS) is 10.9. The van der Waals surface area contributed by atoms with Gasteiger partial charge in [-0.1, -0.05) is 52.4 Å². The number of benzene rings is 2. The van der Waals surface area contributed by atoms with Gasteiger partial charge in [-0.25, -0.2) is 8.78 Å². The van der Waals surface area contributed by atoms with Gasteiger partial charge in [-0.05, 0) is 30.7 Å². The number of rotatable bonds is 5. The van der Waals surface area contributed by atoms with Crippen LogP contribution in [0.5, 0.6) is 0 Å². The second-order valence-electron chi connectivity index (χ2n) is 6.28. The molecule has 4 aromatic rings. The van der Waals surface area contributed by atoms with Gasteiger partial charge >= 0.3 is 0 Å². The Morgan fingerprint density at radius 1 is 1.13 bits per heavy atom. The van der Waals surface area contributed by atoms with Gasteiger partial charge in [0.15, 0.2) is 0 Å². The molecule has 1 amide bonds. The van der Waals surface area contributed by atoms with Crippen LogP contribution >= 0.6 is 22.9 Å². The van der Waals surface area contributed by atoms with E-state index in [9.17, 15) is 13.6 Å². The molecule has 0 spiro atoms. The first kappa shape index (κ1) is 20.1. The number of nitrogens with one attached hydrogen (secondary N) is 1. The topological polar surface area (TPSA) is 80.9 Å². The number of anilines is 1. The lowest BCUT2D eigenvalue weighted by Crippen LogP contribution is -2.13. The van der Waals surface area contributed by atoms with Crippen LogP contribution in [0.3, 0.4) is 0 Å².